The fraction of sp³-hybridized carbons (Fsp3) is 0.350. The molecule has 5 nitrogen and oxygen atoms in total. The van der Waals surface area contributed by atoms with Crippen LogP contribution in [0.15, 0.2) is 42.5 Å². The maximum Gasteiger partial charge on any atom is 0.338 e. The molecule has 0 saturated carbocycles. The average Bonchev–Trinajstić information content (AvgIpc) is 3.01. The van der Waals surface area contributed by atoms with Crippen LogP contribution in [0.3, 0.4) is 0 Å². The zero-order chi connectivity index (χ0) is 18.1. The maximum atomic E-state index is 12.6. The van der Waals surface area contributed by atoms with E-state index in [0.29, 0.717) is 25.2 Å². The van der Waals surface area contributed by atoms with E-state index in [-0.39, 0.29) is 24.1 Å². The first-order valence-corrected chi connectivity index (χ1v) is 10.7. The number of carbonyl (C=O) groups excluding carboxylic acids is 1. The van der Waals surface area contributed by atoms with Crippen molar-refractivity contribution in [3.8, 4) is 11.1 Å². The topological polar surface area (TPSA) is 63.7 Å². The SMILES string of the molecule is O=C(OCCN1CCS(=O)(=O)CC1)c1cccc2c1Cc1ccccc1-2. The van der Waals surface area contributed by atoms with Crippen LogP contribution in [0.25, 0.3) is 11.1 Å². The Morgan fingerprint density at radius 1 is 1.00 bits per heavy atom. The van der Waals surface area contributed by atoms with E-state index in [9.17, 15) is 13.2 Å². The van der Waals surface area contributed by atoms with Gasteiger partial charge in [-0.15, -0.1) is 0 Å². The van der Waals surface area contributed by atoms with E-state index in [1.807, 2.05) is 35.2 Å². The summed E-state index contributed by atoms with van der Waals surface area (Å²) in [6.07, 6.45) is 0.751. The molecule has 6 heteroatoms. The summed E-state index contributed by atoms with van der Waals surface area (Å²) in [6.45, 7) is 1.86. The molecule has 2 aromatic rings. The standard InChI is InChI=1S/C20H21NO4S/c22-20(25-11-8-21-9-12-26(23,24)13-10-21)18-7-3-6-17-16-5-2-1-4-15(16)14-19(17)18/h1-7H,8-14H2. The molecule has 1 aliphatic carbocycles. The van der Waals surface area contributed by atoms with Gasteiger partial charge in [-0.05, 0) is 34.7 Å². The molecule has 1 fully saturated rings. The van der Waals surface area contributed by atoms with Crippen LogP contribution in [0.4, 0.5) is 0 Å². The summed E-state index contributed by atoms with van der Waals surface area (Å²) in [5, 5.41) is 0. The van der Waals surface area contributed by atoms with Crippen LogP contribution < -0.4 is 0 Å². The highest BCUT2D eigenvalue weighted by molar-refractivity contribution is 7.91. The number of nitrogens with zero attached hydrogens (tertiary/aromatic N) is 1. The predicted molar refractivity (Wildman–Crippen MR) is 100 cm³/mol. The number of sulfone groups is 1. The minimum atomic E-state index is -2.88. The summed E-state index contributed by atoms with van der Waals surface area (Å²) < 4.78 is 28.4. The van der Waals surface area contributed by atoms with Crippen LogP contribution in [0.1, 0.15) is 21.5 Å². The van der Waals surface area contributed by atoms with Crippen molar-refractivity contribution in [2.75, 3.05) is 37.7 Å². The van der Waals surface area contributed by atoms with Crippen molar-refractivity contribution in [2.24, 2.45) is 0 Å². The monoisotopic (exact) mass is 371 g/mol. The van der Waals surface area contributed by atoms with Gasteiger partial charge in [-0.3, -0.25) is 4.90 Å². The van der Waals surface area contributed by atoms with Crippen molar-refractivity contribution < 1.29 is 17.9 Å². The van der Waals surface area contributed by atoms with E-state index in [2.05, 4.69) is 12.1 Å². The third kappa shape index (κ3) is 3.39. The third-order valence-corrected chi connectivity index (χ3v) is 6.76. The van der Waals surface area contributed by atoms with E-state index >= 15 is 0 Å². The molecule has 1 aliphatic heterocycles. The maximum absolute atomic E-state index is 12.6. The van der Waals surface area contributed by atoms with Gasteiger partial charge < -0.3 is 4.74 Å². The fourth-order valence-corrected chi connectivity index (χ4v) is 4.94. The molecule has 0 spiro atoms. The molecule has 0 radical (unpaired) electrons. The van der Waals surface area contributed by atoms with Gasteiger partial charge in [-0.1, -0.05) is 36.4 Å². The number of carbonyl (C=O) groups is 1. The number of benzene rings is 2. The number of hydrogen-bond acceptors (Lipinski definition) is 5. The van der Waals surface area contributed by atoms with E-state index in [1.54, 1.807) is 0 Å². The molecule has 1 heterocycles. The second-order valence-electron chi connectivity index (χ2n) is 6.79. The molecule has 26 heavy (non-hydrogen) atoms. The molecule has 0 atom stereocenters. The van der Waals surface area contributed by atoms with Crippen molar-refractivity contribution in [3.63, 3.8) is 0 Å². The summed E-state index contributed by atoms with van der Waals surface area (Å²) in [5.41, 5.74) is 5.18. The first kappa shape index (κ1) is 17.2. The highest BCUT2D eigenvalue weighted by Gasteiger charge is 2.25. The van der Waals surface area contributed by atoms with Gasteiger partial charge in [0.2, 0.25) is 0 Å². The lowest BCUT2D eigenvalue weighted by Crippen LogP contribution is -2.41. The van der Waals surface area contributed by atoms with E-state index in [1.165, 1.54) is 11.1 Å². The number of fused-ring (bicyclic) bond motifs is 3. The summed E-state index contributed by atoms with van der Waals surface area (Å²) in [4.78, 5) is 14.6. The Morgan fingerprint density at radius 3 is 2.54 bits per heavy atom. The molecule has 2 aliphatic rings. The number of ether oxygens (including phenoxy) is 1. The van der Waals surface area contributed by atoms with Crippen LogP contribution >= 0.6 is 0 Å². The lowest BCUT2D eigenvalue weighted by molar-refractivity contribution is 0.0464. The van der Waals surface area contributed by atoms with Crippen molar-refractivity contribution in [2.45, 2.75) is 6.42 Å². The summed E-state index contributed by atoms with van der Waals surface area (Å²) in [5.74, 6) is 0.0656. The Balaban J connectivity index is 1.39. The van der Waals surface area contributed by atoms with E-state index in [0.717, 1.165) is 17.5 Å². The van der Waals surface area contributed by atoms with Crippen molar-refractivity contribution in [3.05, 3.63) is 59.2 Å². The average molecular weight is 371 g/mol. The Morgan fingerprint density at radius 2 is 1.73 bits per heavy atom. The molecule has 0 amide bonds. The molecule has 2 aromatic carbocycles. The normalized spacial score (nSPS) is 18.2. The first-order chi connectivity index (χ1) is 12.5. The third-order valence-electron chi connectivity index (χ3n) is 5.15. The van der Waals surface area contributed by atoms with Gasteiger partial charge in [0.1, 0.15) is 6.61 Å². The second kappa shape index (κ2) is 6.85. The Hall–Kier alpha value is -2.18. The second-order valence-corrected chi connectivity index (χ2v) is 9.10. The largest absolute Gasteiger partial charge is 0.461 e. The quantitative estimate of drug-likeness (QED) is 0.658. The van der Waals surface area contributed by atoms with Crippen LogP contribution in [0.2, 0.25) is 0 Å². The molecule has 0 N–H and O–H groups in total. The summed E-state index contributed by atoms with van der Waals surface area (Å²) in [7, 11) is -2.88. The van der Waals surface area contributed by atoms with Gasteiger partial charge in [-0.2, -0.15) is 0 Å². The van der Waals surface area contributed by atoms with Crippen LogP contribution in [-0.4, -0.2) is 57.0 Å². The lowest BCUT2D eigenvalue weighted by Gasteiger charge is -2.26. The van der Waals surface area contributed by atoms with E-state index in [4.69, 9.17) is 4.74 Å². The Labute approximate surface area is 153 Å². The Bertz CT molecular complexity index is 938. The molecule has 4 rings (SSSR count). The minimum absolute atomic E-state index is 0.186. The van der Waals surface area contributed by atoms with E-state index < -0.39 is 9.84 Å². The van der Waals surface area contributed by atoms with Gasteiger partial charge >= 0.3 is 5.97 Å². The van der Waals surface area contributed by atoms with Gasteiger partial charge in [0.05, 0.1) is 17.1 Å². The minimum Gasteiger partial charge on any atom is -0.461 e. The van der Waals surface area contributed by atoms with Gasteiger partial charge in [0, 0.05) is 19.6 Å². The highest BCUT2D eigenvalue weighted by Crippen LogP contribution is 2.38. The van der Waals surface area contributed by atoms with Crippen LogP contribution in [0.5, 0.6) is 0 Å². The van der Waals surface area contributed by atoms with Crippen molar-refractivity contribution in [1.82, 2.24) is 4.90 Å². The lowest BCUT2D eigenvalue weighted by atomic mass is 10.0. The van der Waals surface area contributed by atoms with Crippen molar-refractivity contribution in [1.29, 1.82) is 0 Å². The number of hydrogen-bond donors (Lipinski definition) is 0. The molecule has 136 valence electrons. The number of esters is 1. The molecule has 1 saturated heterocycles. The molecular weight excluding hydrogens is 350 g/mol. The fourth-order valence-electron chi connectivity index (χ4n) is 3.67. The zero-order valence-electron chi connectivity index (χ0n) is 14.5. The van der Waals surface area contributed by atoms with Crippen LogP contribution in [0, 0.1) is 0 Å². The molecule has 0 bridgehead atoms. The van der Waals surface area contributed by atoms with Crippen LogP contribution in [-0.2, 0) is 21.0 Å². The summed E-state index contributed by atoms with van der Waals surface area (Å²) >= 11 is 0. The predicted octanol–water partition coefficient (Wildman–Crippen LogP) is 2.15. The molecule has 0 unspecified atom stereocenters. The van der Waals surface area contributed by atoms with Gasteiger partial charge in [0.15, 0.2) is 9.84 Å². The summed E-state index contributed by atoms with van der Waals surface area (Å²) in [6, 6.07) is 14.0. The number of rotatable bonds is 4. The Kier molecular flexibility index (Phi) is 4.54. The highest BCUT2D eigenvalue weighted by atomic mass is 32.2. The molecule has 0 aromatic heterocycles. The zero-order valence-corrected chi connectivity index (χ0v) is 15.3. The van der Waals surface area contributed by atoms with Gasteiger partial charge in [0.25, 0.3) is 0 Å². The molecular formula is C20H21NO4S. The first-order valence-electron chi connectivity index (χ1n) is 8.83. The van der Waals surface area contributed by atoms with Crippen molar-refractivity contribution >= 4 is 15.8 Å². The van der Waals surface area contributed by atoms with Gasteiger partial charge in [-0.25, -0.2) is 13.2 Å². The smallest absolute Gasteiger partial charge is 0.338 e.